The minimum absolute atomic E-state index is 0.000291. The summed E-state index contributed by atoms with van der Waals surface area (Å²) in [4.78, 5) is 23.8. The molecule has 0 saturated heterocycles. The van der Waals surface area contributed by atoms with Crippen LogP contribution in [0.25, 0.3) is 0 Å². The summed E-state index contributed by atoms with van der Waals surface area (Å²) in [5.41, 5.74) is 7.33. The quantitative estimate of drug-likeness (QED) is 0.776. The zero-order valence-corrected chi connectivity index (χ0v) is 13.5. The average molecular weight is 324 g/mol. The predicted octanol–water partition coefficient (Wildman–Crippen LogP) is 2.22. The van der Waals surface area contributed by atoms with E-state index in [1.54, 1.807) is 18.2 Å². The minimum Gasteiger partial charge on any atom is -0.355 e. The van der Waals surface area contributed by atoms with Crippen molar-refractivity contribution in [2.45, 2.75) is 38.6 Å². The van der Waals surface area contributed by atoms with Gasteiger partial charge in [0, 0.05) is 35.6 Å². The Balaban J connectivity index is 1.74. The fourth-order valence-corrected chi connectivity index (χ4v) is 2.83. The van der Waals surface area contributed by atoms with Gasteiger partial charge in [0.2, 0.25) is 11.8 Å². The number of hydrogen-bond donors (Lipinski definition) is 3. The average Bonchev–Trinajstić information content (AvgIpc) is 2.90. The highest BCUT2D eigenvalue weighted by atomic mass is 35.5. The van der Waals surface area contributed by atoms with Gasteiger partial charge in [-0.15, -0.1) is 0 Å². The SMILES string of the molecule is Cc1c(Cl)cccc1NC(=O)CCNC(=O)C1CCC(N)C1. The Labute approximate surface area is 135 Å². The van der Waals surface area contributed by atoms with Gasteiger partial charge in [-0.3, -0.25) is 9.59 Å². The van der Waals surface area contributed by atoms with Crippen LogP contribution in [0.15, 0.2) is 18.2 Å². The third-order valence-corrected chi connectivity index (χ3v) is 4.45. The highest BCUT2D eigenvalue weighted by molar-refractivity contribution is 6.31. The zero-order chi connectivity index (χ0) is 16.1. The number of amides is 2. The molecule has 0 spiro atoms. The molecule has 6 heteroatoms. The summed E-state index contributed by atoms with van der Waals surface area (Å²) < 4.78 is 0. The summed E-state index contributed by atoms with van der Waals surface area (Å²) in [5.74, 6) is -0.151. The lowest BCUT2D eigenvalue weighted by Crippen LogP contribution is -2.32. The second kappa shape index (κ2) is 7.61. The molecule has 0 aromatic heterocycles. The molecule has 4 N–H and O–H groups in total. The molecule has 1 aliphatic carbocycles. The van der Waals surface area contributed by atoms with Crippen molar-refractivity contribution < 1.29 is 9.59 Å². The van der Waals surface area contributed by atoms with Crippen LogP contribution in [0, 0.1) is 12.8 Å². The van der Waals surface area contributed by atoms with Gasteiger partial charge in [-0.25, -0.2) is 0 Å². The molecule has 1 aromatic carbocycles. The Bertz CT molecular complexity index is 562. The van der Waals surface area contributed by atoms with Crippen molar-refractivity contribution in [3.8, 4) is 0 Å². The first-order chi connectivity index (χ1) is 10.5. The summed E-state index contributed by atoms with van der Waals surface area (Å²) in [6.45, 7) is 2.18. The van der Waals surface area contributed by atoms with Crippen LogP contribution in [0.4, 0.5) is 5.69 Å². The first-order valence-corrected chi connectivity index (χ1v) is 7.93. The van der Waals surface area contributed by atoms with Gasteiger partial charge in [0.25, 0.3) is 0 Å². The fraction of sp³-hybridized carbons (Fsp3) is 0.500. The van der Waals surface area contributed by atoms with E-state index in [2.05, 4.69) is 10.6 Å². The van der Waals surface area contributed by atoms with E-state index in [1.165, 1.54) is 0 Å². The number of hydrogen-bond acceptors (Lipinski definition) is 3. The second-order valence-electron chi connectivity index (χ2n) is 5.77. The Morgan fingerprint density at radius 1 is 1.36 bits per heavy atom. The van der Waals surface area contributed by atoms with Crippen molar-refractivity contribution in [2.75, 3.05) is 11.9 Å². The molecule has 1 saturated carbocycles. The number of halogens is 1. The molecular weight excluding hydrogens is 302 g/mol. The maximum atomic E-state index is 11.9. The smallest absolute Gasteiger partial charge is 0.226 e. The molecule has 22 heavy (non-hydrogen) atoms. The van der Waals surface area contributed by atoms with Crippen molar-refractivity contribution in [1.82, 2.24) is 5.32 Å². The number of carbonyl (C=O) groups excluding carboxylic acids is 2. The van der Waals surface area contributed by atoms with Gasteiger partial charge in [0.1, 0.15) is 0 Å². The van der Waals surface area contributed by atoms with Crippen LogP contribution in [0.2, 0.25) is 5.02 Å². The largest absolute Gasteiger partial charge is 0.355 e. The lowest BCUT2D eigenvalue weighted by molar-refractivity contribution is -0.124. The molecule has 1 aromatic rings. The Kier molecular flexibility index (Phi) is 5.80. The Hall–Kier alpha value is -1.59. The molecule has 0 bridgehead atoms. The fourth-order valence-electron chi connectivity index (χ4n) is 2.65. The summed E-state index contributed by atoms with van der Waals surface area (Å²) >= 11 is 6.01. The van der Waals surface area contributed by atoms with Gasteiger partial charge in [-0.2, -0.15) is 0 Å². The van der Waals surface area contributed by atoms with Crippen molar-refractivity contribution in [3.63, 3.8) is 0 Å². The van der Waals surface area contributed by atoms with E-state index in [1.807, 2.05) is 6.92 Å². The van der Waals surface area contributed by atoms with Crippen molar-refractivity contribution in [3.05, 3.63) is 28.8 Å². The summed E-state index contributed by atoms with van der Waals surface area (Å²) in [5, 5.41) is 6.23. The number of carbonyl (C=O) groups is 2. The van der Waals surface area contributed by atoms with Crippen molar-refractivity contribution in [1.29, 1.82) is 0 Å². The molecule has 120 valence electrons. The lowest BCUT2D eigenvalue weighted by Gasteiger charge is -2.12. The van der Waals surface area contributed by atoms with E-state index in [0.717, 1.165) is 24.8 Å². The maximum absolute atomic E-state index is 11.9. The number of benzene rings is 1. The van der Waals surface area contributed by atoms with Crippen LogP contribution in [0.5, 0.6) is 0 Å². The number of nitrogens with one attached hydrogen (secondary N) is 2. The lowest BCUT2D eigenvalue weighted by atomic mass is 10.1. The molecule has 1 aliphatic rings. The third kappa shape index (κ3) is 4.45. The first-order valence-electron chi connectivity index (χ1n) is 7.55. The molecule has 5 nitrogen and oxygen atoms in total. The Morgan fingerprint density at radius 3 is 2.82 bits per heavy atom. The predicted molar refractivity (Wildman–Crippen MR) is 87.8 cm³/mol. The van der Waals surface area contributed by atoms with Crippen LogP contribution in [0.3, 0.4) is 0 Å². The van der Waals surface area contributed by atoms with Crippen LogP contribution in [-0.4, -0.2) is 24.4 Å². The Morgan fingerprint density at radius 2 is 2.14 bits per heavy atom. The van der Waals surface area contributed by atoms with Crippen molar-refractivity contribution >= 4 is 29.1 Å². The summed E-state index contributed by atoms with van der Waals surface area (Å²) in [6, 6.07) is 5.50. The number of nitrogens with two attached hydrogens (primary N) is 1. The molecule has 0 radical (unpaired) electrons. The first kappa shape index (κ1) is 16.8. The summed E-state index contributed by atoms with van der Waals surface area (Å²) in [6.07, 6.45) is 2.70. The maximum Gasteiger partial charge on any atom is 0.226 e. The molecule has 2 rings (SSSR count). The van der Waals surface area contributed by atoms with E-state index in [4.69, 9.17) is 17.3 Å². The zero-order valence-electron chi connectivity index (χ0n) is 12.7. The number of anilines is 1. The monoisotopic (exact) mass is 323 g/mol. The van der Waals surface area contributed by atoms with E-state index in [9.17, 15) is 9.59 Å². The van der Waals surface area contributed by atoms with Gasteiger partial charge >= 0.3 is 0 Å². The van der Waals surface area contributed by atoms with Crippen LogP contribution < -0.4 is 16.4 Å². The topological polar surface area (TPSA) is 84.2 Å². The molecule has 2 amide bonds. The molecule has 0 heterocycles. The van der Waals surface area contributed by atoms with Gasteiger partial charge in [0.05, 0.1) is 0 Å². The van der Waals surface area contributed by atoms with Crippen molar-refractivity contribution in [2.24, 2.45) is 11.7 Å². The molecule has 2 unspecified atom stereocenters. The normalized spacial score (nSPS) is 20.7. The van der Waals surface area contributed by atoms with E-state index in [-0.39, 0.29) is 30.2 Å². The van der Waals surface area contributed by atoms with Gasteiger partial charge in [0.15, 0.2) is 0 Å². The molecule has 1 fully saturated rings. The van der Waals surface area contributed by atoms with Gasteiger partial charge < -0.3 is 16.4 Å². The third-order valence-electron chi connectivity index (χ3n) is 4.04. The second-order valence-corrected chi connectivity index (χ2v) is 6.18. The highest BCUT2D eigenvalue weighted by Crippen LogP contribution is 2.24. The van der Waals surface area contributed by atoms with Crippen LogP contribution in [0.1, 0.15) is 31.2 Å². The highest BCUT2D eigenvalue weighted by Gasteiger charge is 2.27. The van der Waals surface area contributed by atoms with Crippen LogP contribution >= 0.6 is 11.6 Å². The molecule has 2 atom stereocenters. The van der Waals surface area contributed by atoms with Crippen LogP contribution in [-0.2, 0) is 9.59 Å². The standard InChI is InChI=1S/C16H22ClN3O2/c1-10-13(17)3-2-4-14(10)20-15(21)7-8-19-16(22)11-5-6-12(18)9-11/h2-4,11-12H,5-9,18H2,1H3,(H,19,22)(H,20,21). The van der Waals surface area contributed by atoms with E-state index in [0.29, 0.717) is 17.3 Å². The van der Waals surface area contributed by atoms with Gasteiger partial charge in [-0.05, 0) is 43.9 Å². The summed E-state index contributed by atoms with van der Waals surface area (Å²) in [7, 11) is 0. The number of rotatable bonds is 5. The van der Waals surface area contributed by atoms with E-state index < -0.39 is 0 Å². The van der Waals surface area contributed by atoms with E-state index >= 15 is 0 Å². The minimum atomic E-state index is -0.145. The molecule has 0 aliphatic heterocycles. The molecular formula is C16H22ClN3O2. The van der Waals surface area contributed by atoms with Gasteiger partial charge in [-0.1, -0.05) is 17.7 Å².